The molecule has 0 spiro atoms. The summed E-state index contributed by atoms with van der Waals surface area (Å²) >= 11 is 0. The maximum absolute atomic E-state index is 11.0. The molecule has 4 nitrogen and oxygen atoms in total. The van der Waals surface area contributed by atoms with E-state index >= 15 is 0 Å². The van der Waals surface area contributed by atoms with Crippen LogP contribution in [0.2, 0.25) is 0 Å². The highest BCUT2D eigenvalue weighted by Gasteiger charge is 2.41. The van der Waals surface area contributed by atoms with Crippen molar-refractivity contribution >= 4 is 5.91 Å². The maximum atomic E-state index is 11.0. The lowest BCUT2D eigenvalue weighted by Gasteiger charge is -2.44. The van der Waals surface area contributed by atoms with Crippen molar-refractivity contribution in [1.82, 2.24) is 10.6 Å². The Hall–Kier alpha value is -0.610. The zero-order valence-corrected chi connectivity index (χ0v) is 7.22. The van der Waals surface area contributed by atoms with E-state index in [0.29, 0.717) is 0 Å². The first-order chi connectivity index (χ1) is 5.71. The van der Waals surface area contributed by atoms with Gasteiger partial charge in [0.2, 0.25) is 5.91 Å². The van der Waals surface area contributed by atoms with Crippen LogP contribution in [0.5, 0.6) is 0 Å². The van der Waals surface area contributed by atoms with Crippen LogP contribution in [0.1, 0.15) is 13.3 Å². The average molecular weight is 170 g/mol. The molecule has 1 amide bonds. The van der Waals surface area contributed by atoms with Gasteiger partial charge < -0.3 is 15.4 Å². The number of morpholine rings is 1. The smallest absolute Gasteiger partial charge is 0.246 e. The first kappa shape index (κ1) is 8.01. The Bertz CT molecular complexity index is 207. The third kappa shape index (κ3) is 1.21. The molecular weight excluding hydrogens is 156 g/mol. The number of carbonyl (C=O) groups is 1. The van der Waals surface area contributed by atoms with E-state index in [4.69, 9.17) is 4.74 Å². The molecule has 2 saturated heterocycles. The number of carbonyl (C=O) groups excluding carboxylic acids is 1. The standard InChI is InChI=1S/C8H14N2O2/c1-8-5-9-3-2-6(8)10-7(11)4-12-8/h6,9H,2-5H2,1H3,(H,10,11). The number of piperidine rings is 1. The second-order valence-corrected chi connectivity index (χ2v) is 3.69. The maximum Gasteiger partial charge on any atom is 0.246 e. The van der Waals surface area contributed by atoms with Crippen molar-refractivity contribution in [2.24, 2.45) is 0 Å². The topological polar surface area (TPSA) is 50.4 Å². The Labute approximate surface area is 71.7 Å². The molecule has 0 aromatic heterocycles. The van der Waals surface area contributed by atoms with Crippen LogP contribution in [0.25, 0.3) is 0 Å². The Morgan fingerprint density at radius 3 is 3.33 bits per heavy atom. The number of hydrogen-bond donors (Lipinski definition) is 2. The third-order valence-electron chi connectivity index (χ3n) is 2.69. The highest BCUT2D eigenvalue weighted by Crippen LogP contribution is 2.23. The lowest BCUT2D eigenvalue weighted by atomic mass is 9.89. The summed E-state index contributed by atoms with van der Waals surface area (Å²) in [4.78, 5) is 11.0. The van der Waals surface area contributed by atoms with Crippen LogP contribution in [-0.4, -0.2) is 37.2 Å². The van der Waals surface area contributed by atoms with Gasteiger partial charge >= 0.3 is 0 Å². The van der Waals surface area contributed by atoms with Crippen molar-refractivity contribution < 1.29 is 9.53 Å². The van der Waals surface area contributed by atoms with Gasteiger partial charge in [0.25, 0.3) is 0 Å². The first-order valence-electron chi connectivity index (χ1n) is 4.35. The molecule has 68 valence electrons. The zero-order valence-electron chi connectivity index (χ0n) is 7.22. The summed E-state index contributed by atoms with van der Waals surface area (Å²) in [7, 11) is 0. The molecule has 2 rings (SSSR count). The van der Waals surface area contributed by atoms with Gasteiger partial charge in [0, 0.05) is 6.54 Å². The molecule has 2 atom stereocenters. The summed E-state index contributed by atoms with van der Waals surface area (Å²) in [5.41, 5.74) is -0.188. The van der Waals surface area contributed by atoms with Gasteiger partial charge in [0.1, 0.15) is 6.61 Å². The lowest BCUT2D eigenvalue weighted by molar-refractivity contribution is -0.151. The summed E-state index contributed by atoms with van der Waals surface area (Å²) in [6.45, 7) is 4.04. The normalized spacial score (nSPS) is 41.8. The molecule has 4 heteroatoms. The fourth-order valence-electron chi connectivity index (χ4n) is 1.85. The molecular formula is C8H14N2O2. The van der Waals surface area contributed by atoms with Crippen molar-refractivity contribution in [3.63, 3.8) is 0 Å². The van der Waals surface area contributed by atoms with E-state index < -0.39 is 0 Å². The number of rotatable bonds is 0. The van der Waals surface area contributed by atoms with Crippen molar-refractivity contribution in [3.05, 3.63) is 0 Å². The summed E-state index contributed by atoms with van der Waals surface area (Å²) in [5.74, 6) is 0.0133. The van der Waals surface area contributed by atoms with Gasteiger partial charge in [0.15, 0.2) is 0 Å². The van der Waals surface area contributed by atoms with Crippen molar-refractivity contribution in [3.8, 4) is 0 Å². The summed E-state index contributed by atoms with van der Waals surface area (Å²) in [5, 5.41) is 6.22. The highest BCUT2D eigenvalue weighted by molar-refractivity contribution is 5.78. The minimum atomic E-state index is -0.188. The number of nitrogens with one attached hydrogen (secondary N) is 2. The number of ether oxygens (including phenoxy) is 1. The Balaban J connectivity index is 2.11. The monoisotopic (exact) mass is 170 g/mol. The van der Waals surface area contributed by atoms with E-state index in [0.717, 1.165) is 19.5 Å². The van der Waals surface area contributed by atoms with Crippen LogP contribution in [0, 0.1) is 0 Å². The van der Waals surface area contributed by atoms with Gasteiger partial charge in [-0.1, -0.05) is 0 Å². The van der Waals surface area contributed by atoms with Crippen molar-refractivity contribution in [2.75, 3.05) is 19.7 Å². The summed E-state index contributed by atoms with van der Waals surface area (Å²) < 4.78 is 5.51. The molecule has 0 aliphatic carbocycles. The van der Waals surface area contributed by atoms with E-state index in [1.807, 2.05) is 6.92 Å². The molecule has 0 radical (unpaired) electrons. The van der Waals surface area contributed by atoms with Gasteiger partial charge in [-0.25, -0.2) is 0 Å². The second-order valence-electron chi connectivity index (χ2n) is 3.69. The van der Waals surface area contributed by atoms with Gasteiger partial charge in [0.05, 0.1) is 11.6 Å². The van der Waals surface area contributed by atoms with E-state index in [1.54, 1.807) is 0 Å². The molecule has 12 heavy (non-hydrogen) atoms. The minimum absolute atomic E-state index is 0.0133. The Morgan fingerprint density at radius 1 is 1.67 bits per heavy atom. The molecule has 2 fully saturated rings. The number of amides is 1. The molecule has 0 aromatic carbocycles. The summed E-state index contributed by atoms with van der Waals surface area (Å²) in [6, 6.07) is 0.194. The SMILES string of the molecule is CC12CNCCC1NC(=O)CO2. The van der Waals surface area contributed by atoms with Crippen molar-refractivity contribution in [1.29, 1.82) is 0 Å². The van der Waals surface area contributed by atoms with Gasteiger partial charge in [-0.2, -0.15) is 0 Å². The molecule has 2 unspecified atom stereocenters. The first-order valence-corrected chi connectivity index (χ1v) is 4.35. The third-order valence-corrected chi connectivity index (χ3v) is 2.69. The lowest BCUT2D eigenvalue weighted by Crippen LogP contribution is -2.65. The van der Waals surface area contributed by atoms with Crippen LogP contribution in [0.4, 0.5) is 0 Å². The van der Waals surface area contributed by atoms with Crippen LogP contribution >= 0.6 is 0 Å². The van der Waals surface area contributed by atoms with E-state index in [2.05, 4.69) is 10.6 Å². The molecule has 0 bridgehead atoms. The van der Waals surface area contributed by atoms with E-state index in [1.165, 1.54) is 0 Å². The van der Waals surface area contributed by atoms with Gasteiger partial charge in [-0.05, 0) is 19.9 Å². The molecule has 0 saturated carbocycles. The molecule has 2 aliphatic rings. The molecule has 2 heterocycles. The predicted octanol–water partition coefficient (Wildman–Crippen LogP) is -0.747. The van der Waals surface area contributed by atoms with Crippen molar-refractivity contribution in [2.45, 2.75) is 25.0 Å². The fraction of sp³-hybridized carbons (Fsp3) is 0.875. The van der Waals surface area contributed by atoms with Gasteiger partial charge in [-0.3, -0.25) is 4.79 Å². The zero-order chi connectivity index (χ0) is 8.60. The Morgan fingerprint density at radius 2 is 2.50 bits per heavy atom. The fourth-order valence-corrected chi connectivity index (χ4v) is 1.85. The molecule has 2 N–H and O–H groups in total. The van der Waals surface area contributed by atoms with Crippen LogP contribution in [0.3, 0.4) is 0 Å². The Kier molecular flexibility index (Phi) is 1.81. The minimum Gasteiger partial charge on any atom is -0.362 e. The quantitative estimate of drug-likeness (QED) is 0.503. The number of fused-ring (bicyclic) bond motifs is 1. The van der Waals surface area contributed by atoms with Crippen LogP contribution < -0.4 is 10.6 Å². The molecule has 0 aromatic rings. The number of hydrogen-bond acceptors (Lipinski definition) is 3. The highest BCUT2D eigenvalue weighted by atomic mass is 16.5. The van der Waals surface area contributed by atoms with Gasteiger partial charge in [-0.15, -0.1) is 0 Å². The van der Waals surface area contributed by atoms with Crippen LogP contribution in [-0.2, 0) is 9.53 Å². The van der Waals surface area contributed by atoms with E-state index in [9.17, 15) is 4.79 Å². The second kappa shape index (κ2) is 2.71. The summed E-state index contributed by atoms with van der Waals surface area (Å²) in [6.07, 6.45) is 0.961. The average Bonchev–Trinajstić information content (AvgIpc) is 2.06. The molecule has 2 aliphatic heterocycles. The van der Waals surface area contributed by atoms with E-state index in [-0.39, 0.29) is 24.2 Å². The van der Waals surface area contributed by atoms with Crippen LogP contribution in [0.15, 0.2) is 0 Å². The largest absolute Gasteiger partial charge is 0.362 e. The predicted molar refractivity (Wildman–Crippen MR) is 43.8 cm³/mol.